The number of para-hydroxylation sites is 1. The van der Waals surface area contributed by atoms with Crippen molar-refractivity contribution in [1.82, 2.24) is 9.66 Å². The maximum atomic E-state index is 13.1. The van der Waals surface area contributed by atoms with Crippen LogP contribution in [-0.4, -0.2) is 20.8 Å². The van der Waals surface area contributed by atoms with Crippen molar-refractivity contribution in [2.45, 2.75) is 20.0 Å². The molecule has 35 heavy (non-hydrogen) atoms. The van der Waals surface area contributed by atoms with Crippen LogP contribution < -0.4 is 10.3 Å². The minimum atomic E-state index is -0.541. The number of ether oxygens (including phenoxy) is 1. The van der Waals surface area contributed by atoms with Crippen LogP contribution in [0.4, 0.5) is 5.69 Å². The first kappa shape index (κ1) is 24.8. The Hall–Kier alpha value is -3.27. The van der Waals surface area contributed by atoms with Crippen LogP contribution in [0.3, 0.4) is 0 Å². The van der Waals surface area contributed by atoms with E-state index in [0.717, 1.165) is 4.47 Å². The number of rotatable bonds is 7. The van der Waals surface area contributed by atoms with E-state index in [1.165, 1.54) is 23.0 Å². The van der Waals surface area contributed by atoms with Crippen LogP contribution in [0.2, 0.25) is 10.0 Å². The fraction of sp³-hybridized carbons (Fsp3) is 0.125. The summed E-state index contributed by atoms with van der Waals surface area (Å²) < 4.78 is 7.76. The summed E-state index contributed by atoms with van der Waals surface area (Å²) in [6.45, 7) is 1.87. The van der Waals surface area contributed by atoms with E-state index in [2.05, 4.69) is 26.0 Å². The molecule has 0 aliphatic heterocycles. The molecule has 0 fully saturated rings. The molecule has 0 atom stereocenters. The molecular formula is C24H17BrCl2N4O4. The molecule has 11 heteroatoms. The van der Waals surface area contributed by atoms with Crippen molar-refractivity contribution < 1.29 is 9.66 Å². The van der Waals surface area contributed by atoms with Crippen molar-refractivity contribution in [3.05, 3.63) is 107 Å². The molecule has 0 amide bonds. The van der Waals surface area contributed by atoms with Gasteiger partial charge in [-0.2, -0.15) is 9.78 Å². The number of nitro groups is 1. The lowest BCUT2D eigenvalue weighted by Crippen LogP contribution is -2.22. The number of aromatic nitrogens is 2. The van der Waals surface area contributed by atoms with Gasteiger partial charge in [0.05, 0.1) is 32.1 Å². The van der Waals surface area contributed by atoms with E-state index in [-0.39, 0.29) is 23.6 Å². The molecule has 0 saturated heterocycles. The van der Waals surface area contributed by atoms with Gasteiger partial charge in [-0.25, -0.2) is 4.98 Å². The maximum Gasteiger partial charge on any atom is 0.311 e. The third-order valence-electron chi connectivity index (χ3n) is 5.09. The van der Waals surface area contributed by atoms with Crippen LogP contribution in [0.25, 0.3) is 10.9 Å². The van der Waals surface area contributed by atoms with Gasteiger partial charge in [0.25, 0.3) is 5.56 Å². The fourth-order valence-corrected chi connectivity index (χ4v) is 4.07. The summed E-state index contributed by atoms with van der Waals surface area (Å²) in [5.74, 6) is 0.458. The molecule has 1 aromatic heterocycles. The molecule has 0 N–H and O–H groups in total. The first-order valence-electron chi connectivity index (χ1n) is 10.4. The molecule has 4 rings (SSSR count). The Balaban J connectivity index is 1.76. The molecule has 0 unspecified atom stereocenters. The normalized spacial score (nSPS) is 11.3. The predicted molar refractivity (Wildman–Crippen MR) is 140 cm³/mol. The number of aryl methyl sites for hydroxylation is 1. The largest absolute Gasteiger partial charge is 0.481 e. The van der Waals surface area contributed by atoms with Gasteiger partial charge in [-0.1, -0.05) is 58.2 Å². The third-order valence-corrected chi connectivity index (χ3v) is 6.32. The Bertz CT molecular complexity index is 1540. The number of nitrogens with zero attached hydrogens (tertiary/aromatic N) is 4. The van der Waals surface area contributed by atoms with Crippen molar-refractivity contribution in [2.75, 3.05) is 0 Å². The minimum Gasteiger partial charge on any atom is -0.481 e. The highest BCUT2D eigenvalue weighted by molar-refractivity contribution is 9.10. The fourth-order valence-electron chi connectivity index (χ4n) is 3.39. The SMILES string of the molecule is CCc1nc2ccc(Br)cc2c(=O)n1N=Cc1cccc([N+](=O)[O-])c1OCc1ccc(Cl)c(Cl)c1. The number of benzene rings is 3. The van der Waals surface area contributed by atoms with Crippen LogP contribution in [0.5, 0.6) is 5.75 Å². The summed E-state index contributed by atoms with van der Waals surface area (Å²) in [5, 5.41) is 17.1. The Kier molecular flexibility index (Phi) is 7.49. The number of fused-ring (bicyclic) bond motifs is 1. The molecule has 8 nitrogen and oxygen atoms in total. The van der Waals surface area contributed by atoms with E-state index in [1.807, 2.05) is 13.0 Å². The van der Waals surface area contributed by atoms with Gasteiger partial charge in [0.15, 0.2) is 0 Å². The van der Waals surface area contributed by atoms with E-state index in [0.29, 0.717) is 44.3 Å². The van der Waals surface area contributed by atoms with Gasteiger partial charge in [-0.15, -0.1) is 0 Å². The van der Waals surface area contributed by atoms with Gasteiger partial charge in [0.1, 0.15) is 12.4 Å². The smallest absolute Gasteiger partial charge is 0.311 e. The number of hydrogen-bond acceptors (Lipinski definition) is 6. The lowest BCUT2D eigenvalue weighted by Gasteiger charge is -2.11. The van der Waals surface area contributed by atoms with E-state index < -0.39 is 4.92 Å². The zero-order chi connectivity index (χ0) is 25.1. The van der Waals surface area contributed by atoms with E-state index in [4.69, 9.17) is 27.9 Å². The molecule has 0 spiro atoms. The monoisotopic (exact) mass is 574 g/mol. The van der Waals surface area contributed by atoms with Crippen molar-refractivity contribution in [3.8, 4) is 5.75 Å². The van der Waals surface area contributed by atoms with Gasteiger partial charge in [0.2, 0.25) is 5.75 Å². The van der Waals surface area contributed by atoms with Gasteiger partial charge in [-0.05, 0) is 42.0 Å². The molecule has 1 heterocycles. The molecule has 0 bridgehead atoms. The van der Waals surface area contributed by atoms with Gasteiger partial charge < -0.3 is 4.74 Å². The van der Waals surface area contributed by atoms with Crippen LogP contribution in [0, 0.1) is 10.1 Å². The highest BCUT2D eigenvalue weighted by Gasteiger charge is 2.19. The Labute approximate surface area is 218 Å². The van der Waals surface area contributed by atoms with Crippen LogP contribution in [-0.2, 0) is 13.0 Å². The van der Waals surface area contributed by atoms with Crippen LogP contribution in [0.15, 0.2) is 69.0 Å². The van der Waals surface area contributed by atoms with E-state index in [9.17, 15) is 14.9 Å². The molecule has 0 saturated carbocycles. The minimum absolute atomic E-state index is 0.00823. The highest BCUT2D eigenvalue weighted by atomic mass is 79.9. The Morgan fingerprint density at radius 3 is 2.69 bits per heavy atom. The zero-order valence-corrected chi connectivity index (χ0v) is 21.3. The lowest BCUT2D eigenvalue weighted by molar-refractivity contribution is -0.385. The predicted octanol–water partition coefficient (Wildman–Crippen LogP) is 6.40. The van der Waals surface area contributed by atoms with Crippen molar-refractivity contribution in [3.63, 3.8) is 0 Å². The van der Waals surface area contributed by atoms with E-state index >= 15 is 0 Å². The van der Waals surface area contributed by atoms with Gasteiger partial charge in [-0.3, -0.25) is 14.9 Å². The van der Waals surface area contributed by atoms with E-state index in [1.54, 1.807) is 36.4 Å². The van der Waals surface area contributed by atoms with Gasteiger partial charge in [0, 0.05) is 22.5 Å². The summed E-state index contributed by atoms with van der Waals surface area (Å²) >= 11 is 15.4. The maximum absolute atomic E-state index is 13.1. The van der Waals surface area contributed by atoms with Crippen LogP contribution >= 0.6 is 39.1 Å². The molecule has 0 radical (unpaired) electrons. The number of nitro benzene ring substituents is 1. The number of halogens is 3. The number of hydrogen-bond donors (Lipinski definition) is 0. The first-order valence-corrected chi connectivity index (χ1v) is 11.9. The topological polar surface area (TPSA) is 99.6 Å². The highest BCUT2D eigenvalue weighted by Crippen LogP contribution is 2.31. The summed E-state index contributed by atoms with van der Waals surface area (Å²) in [4.78, 5) is 28.8. The Morgan fingerprint density at radius 1 is 1.17 bits per heavy atom. The Morgan fingerprint density at radius 2 is 1.97 bits per heavy atom. The molecule has 3 aromatic carbocycles. The summed E-state index contributed by atoms with van der Waals surface area (Å²) in [6, 6.07) is 14.7. The van der Waals surface area contributed by atoms with Crippen molar-refractivity contribution in [1.29, 1.82) is 0 Å². The average molecular weight is 576 g/mol. The molecule has 178 valence electrons. The quantitative estimate of drug-likeness (QED) is 0.144. The summed E-state index contributed by atoms with van der Waals surface area (Å²) in [5.41, 5.74) is 0.963. The van der Waals surface area contributed by atoms with Crippen LogP contribution in [0.1, 0.15) is 23.9 Å². The molecule has 0 aliphatic carbocycles. The molecular weight excluding hydrogens is 559 g/mol. The second kappa shape index (κ2) is 10.6. The van der Waals surface area contributed by atoms with Gasteiger partial charge >= 0.3 is 5.69 Å². The average Bonchev–Trinajstić information content (AvgIpc) is 2.84. The first-order chi connectivity index (χ1) is 16.8. The zero-order valence-electron chi connectivity index (χ0n) is 18.2. The summed E-state index contributed by atoms with van der Waals surface area (Å²) in [7, 11) is 0. The summed E-state index contributed by atoms with van der Waals surface area (Å²) in [6.07, 6.45) is 1.80. The van der Waals surface area contributed by atoms with Crippen molar-refractivity contribution >= 4 is 61.9 Å². The standard InChI is InChI=1S/C24H17BrCl2N4O4/c1-2-22-29-20-9-7-16(25)11-17(20)24(32)30(22)28-12-15-4-3-5-21(31(33)34)23(15)35-13-14-6-8-18(26)19(27)10-14/h3-12H,2,13H2,1H3. The van der Waals surface area contributed by atoms with Crippen molar-refractivity contribution in [2.24, 2.45) is 5.10 Å². The molecule has 0 aliphatic rings. The second-order valence-electron chi connectivity index (χ2n) is 7.39. The lowest BCUT2D eigenvalue weighted by atomic mass is 10.2. The molecule has 4 aromatic rings. The second-order valence-corrected chi connectivity index (χ2v) is 9.12. The third kappa shape index (κ3) is 5.37.